The van der Waals surface area contributed by atoms with Crippen molar-refractivity contribution in [3.63, 3.8) is 0 Å². The van der Waals surface area contributed by atoms with Gasteiger partial charge in [0.25, 0.3) is 10.0 Å². The van der Waals surface area contributed by atoms with E-state index in [4.69, 9.17) is 32.7 Å². The Morgan fingerprint density at radius 2 is 1.77 bits per heavy atom. The number of hydrogen-bond donors (Lipinski definition) is 1. The summed E-state index contributed by atoms with van der Waals surface area (Å²) >= 11 is 12.2. The summed E-state index contributed by atoms with van der Waals surface area (Å²) in [6.07, 6.45) is 0. The molecule has 4 rings (SSSR count). The number of rotatable bonds is 6. The molecule has 0 amide bonds. The normalized spacial score (nSPS) is 14.2. The van der Waals surface area contributed by atoms with Gasteiger partial charge in [0.15, 0.2) is 17.3 Å². The van der Waals surface area contributed by atoms with Gasteiger partial charge < -0.3 is 14.8 Å². The molecule has 0 aliphatic carbocycles. The van der Waals surface area contributed by atoms with Gasteiger partial charge in [-0.15, -0.1) is 4.40 Å². The van der Waals surface area contributed by atoms with Crippen molar-refractivity contribution in [1.29, 1.82) is 0 Å². The maximum absolute atomic E-state index is 12.5. The number of amidine groups is 1. The molecule has 3 aromatic carbocycles. The fourth-order valence-electron chi connectivity index (χ4n) is 3.08. The first-order valence-electron chi connectivity index (χ1n) is 9.42. The van der Waals surface area contributed by atoms with Crippen LogP contribution in [0.1, 0.15) is 18.1 Å². The van der Waals surface area contributed by atoms with Crippen molar-refractivity contribution in [3.8, 4) is 11.5 Å². The van der Waals surface area contributed by atoms with E-state index in [0.717, 1.165) is 5.56 Å². The molecule has 0 unspecified atom stereocenters. The lowest BCUT2D eigenvalue weighted by atomic mass is 10.1. The van der Waals surface area contributed by atoms with E-state index in [1.807, 2.05) is 6.92 Å². The Balaban J connectivity index is 1.63. The number of hydrogen-bond acceptors (Lipinski definition) is 5. The van der Waals surface area contributed by atoms with E-state index in [1.54, 1.807) is 54.6 Å². The number of para-hydroxylation sites is 1. The lowest BCUT2D eigenvalue weighted by molar-refractivity contribution is 0.269. The highest BCUT2D eigenvalue weighted by atomic mass is 35.5. The Morgan fingerprint density at radius 1 is 0.968 bits per heavy atom. The van der Waals surface area contributed by atoms with Gasteiger partial charge in [-0.3, -0.25) is 0 Å². The zero-order valence-corrected chi connectivity index (χ0v) is 18.8. The van der Waals surface area contributed by atoms with E-state index < -0.39 is 10.0 Å². The molecule has 1 aliphatic heterocycles. The number of halogens is 2. The van der Waals surface area contributed by atoms with E-state index in [2.05, 4.69) is 9.71 Å². The maximum Gasteiger partial charge on any atom is 0.286 e. The summed E-state index contributed by atoms with van der Waals surface area (Å²) in [6, 6.07) is 16.9. The molecule has 1 heterocycles. The van der Waals surface area contributed by atoms with Crippen molar-refractivity contribution >= 4 is 44.7 Å². The van der Waals surface area contributed by atoms with Crippen LogP contribution in [0.2, 0.25) is 10.0 Å². The highest BCUT2D eigenvalue weighted by Crippen LogP contribution is 2.33. The van der Waals surface area contributed by atoms with Crippen molar-refractivity contribution in [2.24, 2.45) is 4.40 Å². The van der Waals surface area contributed by atoms with Crippen LogP contribution in [0.25, 0.3) is 0 Å². The molecule has 1 N–H and O–H groups in total. The van der Waals surface area contributed by atoms with Crippen molar-refractivity contribution in [2.75, 3.05) is 11.9 Å². The molecular weight excluding hydrogens is 459 g/mol. The van der Waals surface area contributed by atoms with Crippen LogP contribution >= 0.6 is 23.2 Å². The molecule has 0 radical (unpaired) electrons. The van der Waals surface area contributed by atoms with E-state index >= 15 is 0 Å². The third-order valence-electron chi connectivity index (χ3n) is 4.54. The first-order chi connectivity index (χ1) is 14.9. The second kappa shape index (κ2) is 8.78. The minimum atomic E-state index is -3.80. The molecule has 0 saturated carbocycles. The molecule has 0 spiro atoms. The van der Waals surface area contributed by atoms with Crippen LogP contribution < -0.4 is 14.8 Å². The van der Waals surface area contributed by atoms with Crippen LogP contribution in [0.3, 0.4) is 0 Å². The summed E-state index contributed by atoms with van der Waals surface area (Å²) in [6.45, 7) is 2.47. The van der Waals surface area contributed by atoms with Crippen molar-refractivity contribution in [2.45, 2.75) is 18.4 Å². The summed E-state index contributed by atoms with van der Waals surface area (Å²) in [5.41, 5.74) is 1.81. The molecule has 0 aromatic heterocycles. The van der Waals surface area contributed by atoms with Gasteiger partial charge in [0.05, 0.1) is 12.3 Å². The van der Waals surface area contributed by atoms with Crippen LogP contribution in [0.4, 0.5) is 5.69 Å². The average molecular weight is 477 g/mol. The quantitative estimate of drug-likeness (QED) is 0.505. The topological polar surface area (TPSA) is 77.0 Å². The first kappa shape index (κ1) is 21.5. The van der Waals surface area contributed by atoms with Crippen molar-refractivity contribution < 1.29 is 17.9 Å². The van der Waals surface area contributed by atoms with Crippen molar-refractivity contribution in [1.82, 2.24) is 0 Å². The summed E-state index contributed by atoms with van der Waals surface area (Å²) in [7, 11) is -3.80. The van der Waals surface area contributed by atoms with Gasteiger partial charge in [0, 0.05) is 21.2 Å². The Labute approximate surface area is 190 Å². The first-order valence-corrected chi connectivity index (χ1v) is 11.6. The number of benzene rings is 3. The fourth-order valence-corrected chi connectivity index (χ4v) is 4.68. The Hall–Kier alpha value is -2.74. The van der Waals surface area contributed by atoms with Gasteiger partial charge in [-0.2, -0.15) is 8.42 Å². The molecule has 3 aromatic rings. The summed E-state index contributed by atoms with van der Waals surface area (Å²) in [4.78, 5) is 0.142. The fraction of sp³-hybridized carbons (Fsp3) is 0.136. The second-order valence-corrected chi connectivity index (χ2v) is 9.07. The van der Waals surface area contributed by atoms with Gasteiger partial charge in [-0.05, 0) is 49.4 Å². The third kappa shape index (κ3) is 4.63. The Kier molecular flexibility index (Phi) is 6.09. The molecule has 1 aliphatic rings. The molecule has 31 heavy (non-hydrogen) atoms. The van der Waals surface area contributed by atoms with Crippen LogP contribution in [0.15, 0.2) is 70.0 Å². The Bertz CT molecular complexity index is 1280. The van der Waals surface area contributed by atoms with E-state index in [0.29, 0.717) is 39.4 Å². The van der Waals surface area contributed by atoms with Gasteiger partial charge in [-0.25, -0.2) is 0 Å². The number of nitrogens with one attached hydrogen (secondary N) is 1. The zero-order chi connectivity index (χ0) is 22.0. The van der Waals surface area contributed by atoms with Crippen molar-refractivity contribution in [3.05, 3.63) is 81.8 Å². The summed E-state index contributed by atoms with van der Waals surface area (Å²) in [5.74, 6) is 1.18. The number of sulfonamides is 1. The molecule has 6 nitrogen and oxygen atoms in total. The molecule has 0 atom stereocenters. The SMILES string of the molecule is CCOc1cc(C2=NS(=O)(=O)c3ccccc3N2)ccc1OCc1ccc(Cl)cc1Cl. The summed E-state index contributed by atoms with van der Waals surface area (Å²) in [5, 5.41) is 4.13. The molecule has 9 heteroatoms. The smallest absolute Gasteiger partial charge is 0.286 e. The van der Waals surface area contributed by atoms with Crippen LogP contribution in [-0.2, 0) is 16.6 Å². The maximum atomic E-state index is 12.5. The van der Waals surface area contributed by atoms with Gasteiger partial charge in [-0.1, -0.05) is 41.4 Å². The van der Waals surface area contributed by atoms with Crippen LogP contribution in [0, 0.1) is 0 Å². The predicted molar refractivity (Wildman–Crippen MR) is 122 cm³/mol. The van der Waals surface area contributed by atoms with E-state index in [-0.39, 0.29) is 17.3 Å². The van der Waals surface area contributed by atoms with Crippen LogP contribution in [-0.4, -0.2) is 20.9 Å². The van der Waals surface area contributed by atoms with Gasteiger partial charge in [0.1, 0.15) is 11.5 Å². The monoisotopic (exact) mass is 476 g/mol. The average Bonchev–Trinajstić information content (AvgIpc) is 2.73. The predicted octanol–water partition coefficient (Wildman–Crippen LogP) is 5.53. The highest BCUT2D eigenvalue weighted by Gasteiger charge is 2.25. The highest BCUT2D eigenvalue weighted by molar-refractivity contribution is 7.90. The molecule has 0 saturated heterocycles. The summed E-state index contributed by atoms with van der Waals surface area (Å²) < 4.78 is 40.6. The molecule has 0 bridgehead atoms. The standard InChI is InChI=1S/C22H18Cl2N2O4S/c1-2-29-20-11-14(22-25-18-5-3-4-6-21(18)31(27,28)26-22)8-10-19(20)30-13-15-7-9-16(23)12-17(15)24/h3-12H,2,13H2,1H3,(H,25,26). The Morgan fingerprint density at radius 3 is 2.55 bits per heavy atom. The minimum Gasteiger partial charge on any atom is -0.490 e. The largest absolute Gasteiger partial charge is 0.490 e. The lowest BCUT2D eigenvalue weighted by Crippen LogP contribution is -2.22. The second-order valence-electron chi connectivity index (χ2n) is 6.66. The van der Waals surface area contributed by atoms with E-state index in [9.17, 15) is 8.42 Å². The molecular formula is C22H18Cl2N2O4S. The third-order valence-corrected chi connectivity index (χ3v) is 6.47. The van der Waals surface area contributed by atoms with E-state index in [1.165, 1.54) is 6.07 Å². The number of ether oxygens (including phenoxy) is 2. The number of fused-ring (bicyclic) bond motifs is 1. The molecule has 160 valence electrons. The molecule has 0 fully saturated rings. The lowest BCUT2D eigenvalue weighted by Gasteiger charge is -2.19. The van der Waals surface area contributed by atoms with Gasteiger partial charge >= 0.3 is 0 Å². The zero-order valence-electron chi connectivity index (χ0n) is 16.4. The number of nitrogens with zero attached hydrogens (tertiary/aromatic N) is 1. The number of anilines is 1. The van der Waals surface area contributed by atoms with Crippen LogP contribution in [0.5, 0.6) is 11.5 Å². The minimum absolute atomic E-state index is 0.142. The van der Waals surface area contributed by atoms with Gasteiger partial charge in [0.2, 0.25) is 0 Å².